The molecule has 2 unspecified atom stereocenters. The molecular weight excluding hydrogens is 328 g/mol. The Balaban J connectivity index is 1.19. The van der Waals surface area contributed by atoms with Crippen LogP contribution in [-0.2, 0) is 4.74 Å². The highest BCUT2D eigenvalue weighted by molar-refractivity contribution is 5.43. The molecule has 7 heteroatoms. The van der Waals surface area contributed by atoms with E-state index in [1.165, 1.54) is 32.4 Å². The molecular formula is C19H28N6O. The van der Waals surface area contributed by atoms with E-state index in [1.807, 2.05) is 12.1 Å². The zero-order valence-electron chi connectivity index (χ0n) is 15.6. The second-order valence-corrected chi connectivity index (χ2v) is 8.89. The molecule has 0 aromatic carbocycles. The van der Waals surface area contributed by atoms with Gasteiger partial charge in [-0.3, -0.25) is 4.90 Å². The normalized spacial score (nSPS) is 34.2. The van der Waals surface area contributed by atoms with Crippen molar-refractivity contribution in [3.63, 3.8) is 0 Å². The maximum absolute atomic E-state index is 5.90. The highest BCUT2D eigenvalue weighted by Gasteiger charge is 2.44. The summed E-state index contributed by atoms with van der Waals surface area (Å²) in [7, 11) is 0. The van der Waals surface area contributed by atoms with Crippen LogP contribution in [0, 0.1) is 11.8 Å². The Morgan fingerprint density at radius 1 is 1.19 bits per heavy atom. The number of aromatic nitrogens is 4. The van der Waals surface area contributed by atoms with Gasteiger partial charge in [0.25, 0.3) is 0 Å². The summed E-state index contributed by atoms with van der Waals surface area (Å²) in [5.41, 5.74) is 0.825. The van der Waals surface area contributed by atoms with Crippen LogP contribution in [0.15, 0.2) is 18.5 Å². The third-order valence-corrected chi connectivity index (χ3v) is 6.48. The molecule has 0 bridgehead atoms. The first kappa shape index (κ1) is 16.4. The van der Waals surface area contributed by atoms with Gasteiger partial charge in [-0.2, -0.15) is 4.52 Å². The number of hydrogen-bond donors (Lipinski definition) is 1. The van der Waals surface area contributed by atoms with Gasteiger partial charge in [0, 0.05) is 31.8 Å². The van der Waals surface area contributed by atoms with E-state index in [1.54, 1.807) is 10.8 Å². The highest BCUT2D eigenvalue weighted by atomic mass is 16.5. The summed E-state index contributed by atoms with van der Waals surface area (Å²) in [6.45, 7) is 7.87. The van der Waals surface area contributed by atoms with Crippen LogP contribution in [0.2, 0.25) is 0 Å². The Morgan fingerprint density at radius 2 is 2.00 bits per heavy atom. The summed E-state index contributed by atoms with van der Waals surface area (Å²) in [5, 5.41) is 16.1. The molecule has 3 fully saturated rings. The van der Waals surface area contributed by atoms with Gasteiger partial charge in [0.05, 0.1) is 5.60 Å². The number of rotatable bonds is 3. The molecule has 7 nitrogen and oxygen atoms in total. The Hall–Kier alpha value is -1.73. The zero-order chi connectivity index (χ0) is 17.7. The molecule has 0 spiro atoms. The van der Waals surface area contributed by atoms with Crippen molar-refractivity contribution >= 4 is 11.5 Å². The topological polar surface area (TPSA) is 67.6 Å². The van der Waals surface area contributed by atoms with Crippen LogP contribution in [0.1, 0.15) is 39.5 Å². The first-order valence-corrected chi connectivity index (χ1v) is 9.87. The van der Waals surface area contributed by atoms with Gasteiger partial charge in [-0.05, 0) is 63.5 Å². The average Bonchev–Trinajstić information content (AvgIpc) is 3.27. The molecule has 4 heterocycles. The van der Waals surface area contributed by atoms with Crippen molar-refractivity contribution in [1.82, 2.24) is 24.7 Å². The maximum Gasteiger partial charge on any atom is 0.177 e. The Kier molecular flexibility index (Phi) is 3.90. The third-order valence-electron chi connectivity index (χ3n) is 6.48. The number of likely N-dealkylation sites (tertiary alicyclic amines) is 1. The van der Waals surface area contributed by atoms with Gasteiger partial charge in [-0.1, -0.05) is 0 Å². The summed E-state index contributed by atoms with van der Waals surface area (Å²) < 4.78 is 7.63. The van der Waals surface area contributed by atoms with Gasteiger partial charge in [-0.15, -0.1) is 15.3 Å². The van der Waals surface area contributed by atoms with Crippen molar-refractivity contribution in [3.8, 4) is 0 Å². The van der Waals surface area contributed by atoms with Gasteiger partial charge >= 0.3 is 0 Å². The predicted octanol–water partition coefficient (Wildman–Crippen LogP) is 2.20. The lowest BCUT2D eigenvalue weighted by molar-refractivity contribution is -0.0811. The van der Waals surface area contributed by atoms with E-state index < -0.39 is 0 Å². The lowest BCUT2D eigenvalue weighted by Crippen LogP contribution is -2.45. The van der Waals surface area contributed by atoms with Crippen molar-refractivity contribution < 1.29 is 4.74 Å². The summed E-state index contributed by atoms with van der Waals surface area (Å²) in [6.07, 6.45) is 6.49. The number of nitrogens with zero attached hydrogens (tertiary/aromatic N) is 5. The van der Waals surface area contributed by atoms with Crippen LogP contribution >= 0.6 is 0 Å². The first-order valence-electron chi connectivity index (χ1n) is 9.87. The molecule has 1 saturated carbocycles. The summed E-state index contributed by atoms with van der Waals surface area (Å²) >= 11 is 0. The SMILES string of the molecule is CC1(C)CC(N2CC3C[C@H](Nc4ccc5nncn5n4)C[C@H]3C2)CCO1. The van der Waals surface area contributed by atoms with Crippen molar-refractivity contribution in [2.24, 2.45) is 11.8 Å². The molecule has 2 aromatic rings. The monoisotopic (exact) mass is 356 g/mol. The molecule has 5 rings (SSSR count). The Morgan fingerprint density at radius 3 is 2.77 bits per heavy atom. The van der Waals surface area contributed by atoms with Crippen molar-refractivity contribution in [3.05, 3.63) is 18.5 Å². The van der Waals surface area contributed by atoms with Crippen LogP contribution in [0.4, 0.5) is 5.82 Å². The predicted molar refractivity (Wildman–Crippen MR) is 99.0 cm³/mol. The lowest BCUT2D eigenvalue weighted by atomic mass is 9.93. The molecule has 0 amide bonds. The Labute approximate surface area is 154 Å². The standard InChI is InChI=1S/C19H28N6O/c1-19(2)9-16(5-6-26-19)24-10-13-7-15(8-14(13)11-24)21-17-3-4-18-22-20-12-25(18)23-17/h3-4,12-16H,5-11H2,1-2H3,(H,21,23)/t13-,14?,15+,16?/m0/s1. The molecule has 2 saturated heterocycles. The number of nitrogens with one attached hydrogen (secondary N) is 1. The first-order chi connectivity index (χ1) is 12.6. The summed E-state index contributed by atoms with van der Waals surface area (Å²) in [5.74, 6) is 2.56. The fourth-order valence-electron chi connectivity index (χ4n) is 5.28. The van der Waals surface area contributed by atoms with Crippen molar-refractivity contribution in [1.29, 1.82) is 0 Å². The van der Waals surface area contributed by atoms with Crippen LogP contribution in [-0.4, -0.2) is 62.1 Å². The third kappa shape index (κ3) is 3.07. The van der Waals surface area contributed by atoms with Gasteiger partial charge in [-0.25, -0.2) is 0 Å². The second-order valence-electron chi connectivity index (χ2n) is 8.89. The van der Waals surface area contributed by atoms with Crippen LogP contribution in [0.3, 0.4) is 0 Å². The fraction of sp³-hybridized carbons (Fsp3) is 0.737. The highest BCUT2D eigenvalue weighted by Crippen LogP contribution is 2.41. The zero-order valence-corrected chi connectivity index (χ0v) is 15.6. The van der Waals surface area contributed by atoms with Gasteiger partial charge < -0.3 is 10.1 Å². The van der Waals surface area contributed by atoms with Gasteiger partial charge in [0.2, 0.25) is 0 Å². The summed E-state index contributed by atoms with van der Waals surface area (Å²) in [6, 6.07) is 5.20. The Bertz CT molecular complexity index is 775. The van der Waals surface area contributed by atoms with Crippen molar-refractivity contribution in [2.75, 3.05) is 25.0 Å². The van der Waals surface area contributed by atoms with E-state index >= 15 is 0 Å². The van der Waals surface area contributed by atoms with E-state index in [9.17, 15) is 0 Å². The smallest absolute Gasteiger partial charge is 0.177 e. The average molecular weight is 356 g/mol. The van der Waals surface area contributed by atoms with Gasteiger partial charge in [0.15, 0.2) is 5.65 Å². The number of fused-ring (bicyclic) bond motifs is 2. The van der Waals surface area contributed by atoms with Gasteiger partial charge in [0.1, 0.15) is 12.1 Å². The van der Waals surface area contributed by atoms with E-state index in [2.05, 4.69) is 39.4 Å². The molecule has 1 aliphatic carbocycles. The molecule has 0 radical (unpaired) electrons. The van der Waals surface area contributed by atoms with E-state index in [0.717, 1.165) is 36.3 Å². The molecule has 2 aromatic heterocycles. The second kappa shape index (κ2) is 6.16. The quantitative estimate of drug-likeness (QED) is 0.909. The fourth-order valence-corrected chi connectivity index (χ4v) is 5.28. The summed E-state index contributed by atoms with van der Waals surface area (Å²) in [4.78, 5) is 2.75. The molecule has 26 heavy (non-hydrogen) atoms. The van der Waals surface area contributed by atoms with E-state index in [4.69, 9.17) is 4.74 Å². The van der Waals surface area contributed by atoms with Crippen LogP contribution in [0.25, 0.3) is 5.65 Å². The van der Waals surface area contributed by atoms with Crippen LogP contribution in [0.5, 0.6) is 0 Å². The molecule has 4 atom stereocenters. The molecule has 3 aliphatic rings. The minimum Gasteiger partial charge on any atom is -0.375 e. The van der Waals surface area contributed by atoms with E-state index in [-0.39, 0.29) is 5.60 Å². The molecule has 2 aliphatic heterocycles. The van der Waals surface area contributed by atoms with Crippen LogP contribution < -0.4 is 5.32 Å². The molecule has 140 valence electrons. The number of anilines is 1. The maximum atomic E-state index is 5.90. The lowest BCUT2D eigenvalue weighted by Gasteiger charge is -2.40. The van der Waals surface area contributed by atoms with Crippen molar-refractivity contribution in [2.45, 2.75) is 57.2 Å². The largest absolute Gasteiger partial charge is 0.375 e. The van der Waals surface area contributed by atoms with E-state index in [0.29, 0.717) is 12.1 Å². The minimum absolute atomic E-state index is 0.0389. The molecule has 1 N–H and O–H groups in total. The number of ether oxygens (including phenoxy) is 1. The number of hydrogen-bond acceptors (Lipinski definition) is 6. The minimum atomic E-state index is 0.0389.